The number of rotatable bonds is 2. The van der Waals surface area contributed by atoms with Crippen LogP contribution in [0.15, 0.2) is 24.3 Å². The van der Waals surface area contributed by atoms with E-state index in [1.54, 1.807) is 0 Å². The minimum Gasteiger partial charge on any atom is -0.305 e. The third-order valence-electron chi connectivity index (χ3n) is 2.77. The van der Waals surface area contributed by atoms with Crippen molar-refractivity contribution in [2.24, 2.45) is 0 Å². The molecule has 126 valence electrons. The summed E-state index contributed by atoms with van der Waals surface area (Å²) < 4.78 is 27.1. The summed E-state index contributed by atoms with van der Waals surface area (Å²) in [6, 6.07) is 4.01. The zero-order chi connectivity index (χ0) is 18.0. The van der Waals surface area contributed by atoms with Crippen molar-refractivity contribution in [3.8, 4) is 0 Å². The molecule has 0 radical (unpaired) electrons. The molecule has 0 bridgehead atoms. The van der Waals surface area contributed by atoms with Gasteiger partial charge in [-0.2, -0.15) is 0 Å². The minimum atomic E-state index is -1.24. The van der Waals surface area contributed by atoms with Crippen molar-refractivity contribution in [3.05, 3.63) is 61.6 Å². The quantitative estimate of drug-likeness (QED) is 0.501. The van der Waals surface area contributed by atoms with Crippen LogP contribution < -0.4 is 10.6 Å². The van der Waals surface area contributed by atoms with Gasteiger partial charge < -0.3 is 5.32 Å². The van der Waals surface area contributed by atoms with E-state index < -0.39 is 39.3 Å². The van der Waals surface area contributed by atoms with E-state index in [-0.39, 0.29) is 15.6 Å². The van der Waals surface area contributed by atoms with Crippen molar-refractivity contribution in [3.63, 3.8) is 0 Å². The van der Waals surface area contributed by atoms with E-state index in [2.05, 4.69) is 0 Å². The molecule has 0 saturated heterocycles. The Balaban J connectivity index is 2.19. The number of urea groups is 1. The molecule has 24 heavy (non-hydrogen) atoms. The molecule has 2 aromatic carbocycles. The first kappa shape index (κ1) is 18.7. The summed E-state index contributed by atoms with van der Waals surface area (Å²) in [5, 5.41) is 2.54. The third-order valence-corrected chi connectivity index (χ3v) is 4.00. The van der Waals surface area contributed by atoms with Gasteiger partial charge in [0.15, 0.2) is 11.6 Å². The Morgan fingerprint density at radius 3 is 2.08 bits per heavy atom. The molecule has 0 aliphatic heterocycles. The molecule has 2 rings (SSSR count). The number of amides is 3. The zero-order valence-electron chi connectivity index (χ0n) is 11.4. The van der Waals surface area contributed by atoms with Crippen molar-refractivity contribution in [2.75, 3.05) is 5.32 Å². The molecular weight excluding hydrogens is 408 g/mol. The van der Waals surface area contributed by atoms with Gasteiger partial charge in [-0.05, 0) is 18.2 Å². The predicted molar refractivity (Wildman–Crippen MR) is 89.3 cm³/mol. The molecule has 0 saturated carbocycles. The Bertz CT molecular complexity index is 826. The lowest BCUT2D eigenvalue weighted by Crippen LogP contribution is -2.35. The minimum absolute atomic E-state index is 0.0202. The summed E-state index contributed by atoms with van der Waals surface area (Å²) in [6.45, 7) is 0. The first-order valence-electron chi connectivity index (χ1n) is 6.11. The van der Waals surface area contributed by atoms with Gasteiger partial charge in [0.05, 0.1) is 26.3 Å². The van der Waals surface area contributed by atoms with Crippen LogP contribution in [-0.4, -0.2) is 11.9 Å². The van der Waals surface area contributed by atoms with E-state index in [0.29, 0.717) is 0 Å². The van der Waals surface area contributed by atoms with E-state index in [4.69, 9.17) is 46.4 Å². The molecule has 10 heteroatoms. The lowest BCUT2D eigenvalue weighted by Gasteiger charge is -2.11. The average molecular weight is 414 g/mol. The molecule has 0 aromatic heterocycles. The summed E-state index contributed by atoms with van der Waals surface area (Å²) >= 11 is 22.6. The molecule has 0 unspecified atom stereocenters. The van der Waals surface area contributed by atoms with Crippen molar-refractivity contribution in [1.82, 2.24) is 5.32 Å². The van der Waals surface area contributed by atoms with E-state index in [0.717, 1.165) is 6.07 Å². The highest BCUT2D eigenvalue weighted by molar-refractivity contribution is 6.40. The normalized spacial score (nSPS) is 10.4. The number of carbonyl (C=O) groups excluding carboxylic acids is 2. The Morgan fingerprint density at radius 1 is 0.917 bits per heavy atom. The van der Waals surface area contributed by atoms with Gasteiger partial charge in [-0.25, -0.2) is 13.6 Å². The standard InChI is InChI=1S/C14H6Cl4F2N2O2/c15-5-2-1-3-6(16)9(5)13(23)22-14(24)21-8-4-7(17)11(19)10(18)12(8)20/h1-4H,(H2,21,22,23,24). The van der Waals surface area contributed by atoms with Gasteiger partial charge in [0.25, 0.3) is 5.91 Å². The lowest BCUT2D eigenvalue weighted by molar-refractivity contribution is 0.0967. The van der Waals surface area contributed by atoms with Gasteiger partial charge in [0, 0.05) is 0 Å². The van der Waals surface area contributed by atoms with Crippen LogP contribution in [0.2, 0.25) is 20.1 Å². The van der Waals surface area contributed by atoms with Gasteiger partial charge in [-0.3, -0.25) is 10.1 Å². The molecule has 3 amide bonds. The maximum absolute atomic E-state index is 13.8. The highest BCUT2D eigenvalue weighted by atomic mass is 35.5. The van der Waals surface area contributed by atoms with Crippen LogP contribution >= 0.6 is 46.4 Å². The van der Waals surface area contributed by atoms with Crippen LogP contribution in [-0.2, 0) is 0 Å². The number of hydrogen-bond donors (Lipinski definition) is 2. The van der Waals surface area contributed by atoms with Crippen LogP contribution in [0.5, 0.6) is 0 Å². The van der Waals surface area contributed by atoms with Crippen molar-refractivity contribution >= 4 is 64.0 Å². The van der Waals surface area contributed by atoms with Crippen LogP contribution in [0.25, 0.3) is 0 Å². The summed E-state index contributed by atoms with van der Waals surface area (Å²) in [5.41, 5.74) is -0.645. The van der Waals surface area contributed by atoms with E-state index in [1.165, 1.54) is 18.2 Å². The van der Waals surface area contributed by atoms with Crippen LogP contribution in [0.1, 0.15) is 10.4 Å². The molecule has 0 fully saturated rings. The Labute approximate surface area is 154 Å². The molecule has 4 nitrogen and oxygen atoms in total. The second kappa shape index (κ2) is 7.53. The highest BCUT2D eigenvalue weighted by Crippen LogP contribution is 2.31. The molecule has 0 spiro atoms. The van der Waals surface area contributed by atoms with Gasteiger partial charge in [-0.15, -0.1) is 0 Å². The largest absolute Gasteiger partial charge is 0.326 e. The summed E-state index contributed by atoms with van der Waals surface area (Å²) in [7, 11) is 0. The summed E-state index contributed by atoms with van der Waals surface area (Å²) in [6.07, 6.45) is 0. The van der Waals surface area contributed by atoms with Gasteiger partial charge in [-0.1, -0.05) is 52.5 Å². The second-order valence-corrected chi connectivity index (χ2v) is 5.95. The fourth-order valence-corrected chi connectivity index (χ4v) is 2.72. The number of imide groups is 1. The Morgan fingerprint density at radius 2 is 1.50 bits per heavy atom. The third kappa shape index (κ3) is 3.89. The van der Waals surface area contributed by atoms with Crippen LogP contribution in [0, 0.1) is 11.6 Å². The summed E-state index contributed by atoms with van der Waals surface area (Å²) in [4.78, 5) is 23.8. The molecule has 0 atom stereocenters. The van der Waals surface area contributed by atoms with Gasteiger partial charge in [0.1, 0.15) is 5.02 Å². The Kier molecular flexibility index (Phi) is 5.87. The first-order valence-corrected chi connectivity index (χ1v) is 7.63. The van der Waals surface area contributed by atoms with Crippen molar-refractivity contribution in [1.29, 1.82) is 0 Å². The fraction of sp³-hybridized carbons (Fsp3) is 0. The maximum atomic E-state index is 13.8. The van der Waals surface area contributed by atoms with Gasteiger partial charge in [0.2, 0.25) is 0 Å². The first-order chi connectivity index (χ1) is 11.2. The smallest absolute Gasteiger partial charge is 0.305 e. The lowest BCUT2D eigenvalue weighted by atomic mass is 10.2. The number of carbonyl (C=O) groups is 2. The molecule has 0 aliphatic rings. The SMILES string of the molecule is O=C(NC(=O)c1c(Cl)cccc1Cl)Nc1cc(Cl)c(F)c(Cl)c1F. The topological polar surface area (TPSA) is 58.2 Å². The van der Waals surface area contributed by atoms with E-state index in [1.807, 2.05) is 10.6 Å². The average Bonchev–Trinajstić information content (AvgIpc) is 2.50. The van der Waals surface area contributed by atoms with E-state index >= 15 is 0 Å². The molecule has 2 N–H and O–H groups in total. The molecule has 2 aromatic rings. The number of halogens is 6. The molecular formula is C14H6Cl4F2N2O2. The fourth-order valence-electron chi connectivity index (χ4n) is 1.70. The zero-order valence-corrected chi connectivity index (χ0v) is 14.4. The molecule has 0 heterocycles. The van der Waals surface area contributed by atoms with Crippen molar-refractivity contribution < 1.29 is 18.4 Å². The summed E-state index contributed by atoms with van der Waals surface area (Å²) in [5.74, 6) is -3.32. The number of benzene rings is 2. The van der Waals surface area contributed by atoms with Crippen molar-refractivity contribution in [2.45, 2.75) is 0 Å². The maximum Gasteiger partial charge on any atom is 0.326 e. The van der Waals surface area contributed by atoms with Gasteiger partial charge >= 0.3 is 6.03 Å². The highest BCUT2D eigenvalue weighted by Gasteiger charge is 2.20. The monoisotopic (exact) mass is 412 g/mol. The van der Waals surface area contributed by atoms with Crippen LogP contribution in [0.4, 0.5) is 19.3 Å². The predicted octanol–water partition coefficient (Wildman–Crippen LogP) is 5.54. The van der Waals surface area contributed by atoms with E-state index in [9.17, 15) is 18.4 Å². The number of nitrogens with one attached hydrogen (secondary N) is 2. The molecule has 0 aliphatic carbocycles. The number of hydrogen-bond acceptors (Lipinski definition) is 2. The Hall–Kier alpha value is -1.60. The number of anilines is 1. The second-order valence-electron chi connectivity index (χ2n) is 4.35. The van der Waals surface area contributed by atoms with Crippen LogP contribution in [0.3, 0.4) is 0 Å².